The van der Waals surface area contributed by atoms with E-state index in [4.69, 9.17) is 0 Å². The van der Waals surface area contributed by atoms with E-state index < -0.39 is 10.0 Å². The Hall–Kier alpha value is -2.14. The lowest BCUT2D eigenvalue weighted by Gasteiger charge is -2.19. The van der Waals surface area contributed by atoms with Crippen LogP contribution in [-0.2, 0) is 22.9 Å². The van der Waals surface area contributed by atoms with Crippen LogP contribution in [0.4, 0.5) is 5.69 Å². The van der Waals surface area contributed by atoms with Crippen molar-refractivity contribution >= 4 is 44.3 Å². The van der Waals surface area contributed by atoms with E-state index in [1.165, 1.54) is 27.0 Å². The van der Waals surface area contributed by atoms with Gasteiger partial charge in [0, 0.05) is 42.5 Å². The van der Waals surface area contributed by atoms with Crippen molar-refractivity contribution in [2.45, 2.75) is 24.0 Å². The highest BCUT2D eigenvalue weighted by Crippen LogP contribution is 2.29. The Kier molecular flexibility index (Phi) is 5.28. The molecule has 0 atom stereocenters. The van der Waals surface area contributed by atoms with Crippen LogP contribution in [0, 0.1) is 6.92 Å². The van der Waals surface area contributed by atoms with Gasteiger partial charge in [-0.3, -0.25) is 9.78 Å². The third-order valence-corrected chi connectivity index (χ3v) is 9.21. The third-order valence-electron chi connectivity index (χ3n) is 4.49. The molecule has 3 aromatic heterocycles. The van der Waals surface area contributed by atoms with E-state index in [9.17, 15) is 13.2 Å². The number of thiazole rings is 1. The van der Waals surface area contributed by atoms with Crippen molar-refractivity contribution in [3.05, 3.63) is 57.1 Å². The van der Waals surface area contributed by atoms with E-state index in [2.05, 4.69) is 15.3 Å². The number of nitrogens with one attached hydrogen (secondary N) is 1. The highest BCUT2D eigenvalue weighted by molar-refractivity contribution is 7.91. The number of amides is 1. The maximum atomic E-state index is 12.9. The number of thiophene rings is 1. The SMILES string of the molecule is Cc1ccsc1S(=O)(=O)N1CCc2nc(C(=O)Nc3ccncc3)sc2CC1. The van der Waals surface area contributed by atoms with Gasteiger partial charge in [-0.1, -0.05) is 0 Å². The maximum absolute atomic E-state index is 12.9. The number of aromatic nitrogens is 2. The molecule has 0 fully saturated rings. The van der Waals surface area contributed by atoms with Gasteiger partial charge in [-0.25, -0.2) is 13.4 Å². The van der Waals surface area contributed by atoms with E-state index in [-0.39, 0.29) is 5.91 Å². The van der Waals surface area contributed by atoms with Gasteiger partial charge >= 0.3 is 0 Å². The standard InChI is InChI=1S/C18H18N4O3S3/c1-12-6-11-26-18(12)28(24,25)22-9-4-14-15(5-10-22)27-17(21-14)16(23)20-13-2-7-19-8-3-13/h2-3,6-8,11H,4-5,9-10H2,1H3,(H,19,20,23). The minimum absolute atomic E-state index is 0.261. The second-order valence-corrected chi connectivity index (χ2v) is 10.5. The average molecular weight is 435 g/mol. The zero-order chi connectivity index (χ0) is 19.7. The van der Waals surface area contributed by atoms with Crippen LogP contribution in [-0.4, -0.2) is 41.7 Å². The molecule has 4 rings (SSSR count). The van der Waals surface area contributed by atoms with Gasteiger partial charge < -0.3 is 5.32 Å². The molecule has 1 aliphatic rings. The molecule has 3 aromatic rings. The molecule has 4 heterocycles. The quantitative estimate of drug-likeness (QED) is 0.682. The smallest absolute Gasteiger partial charge is 0.284 e. The van der Waals surface area contributed by atoms with Crippen molar-refractivity contribution in [3.8, 4) is 0 Å². The number of fused-ring (bicyclic) bond motifs is 1. The minimum atomic E-state index is -3.49. The van der Waals surface area contributed by atoms with Gasteiger partial charge in [0.15, 0.2) is 5.01 Å². The summed E-state index contributed by atoms with van der Waals surface area (Å²) < 4.78 is 27.8. The molecule has 1 amide bonds. The number of aryl methyl sites for hydroxylation is 1. The summed E-state index contributed by atoms with van der Waals surface area (Å²) in [6, 6.07) is 5.25. The van der Waals surface area contributed by atoms with E-state index in [0.717, 1.165) is 16.1 Å². The monoisotopic (exact) mass is 434 g/mol. The van der Waals surface area contributed by atoms with Gasteiger partial charge in [-0.05, 0) is 42.5 Å². The Labute approximate surface area is 171 Å². The number of anilines is 1. The van der Waals surface area contributed by atoms with Crippen LogP contribution in [0.3, 0.4) is 0 Å². The minimum Gasteiger partial charge on any atom is -0.320 e. The summed E-state index contributed by atoms with van der Waals surface area (Å²) in [6.07, 6.45) is 4.27. The van der Waals surface area contributed by atoms with E-state index in [1.54, 1.807) is 29.9 Å². The second kappa shape index (κ2) is 7.70. The molecule has 0 spiro atoms. The number of sulfonamides is 1. The Morgan fingerprint density at radius 2 is 1.93 bits per heavy atom. The predicted molar refractivity (Wildman–Crippen MR) is 110 cm³/mol. The number of hydrogen-bond donors (Lipinski definition) is 1. The van der Waals surface area contributed by atoms with E-state index in [0.29, 0.717) is 40.8 Å². The first-order chi connectivity index (χ1) is 13.4. The lowest BCUT2D eigenvalue weighted by atomic mass is 10.2. The fraction of sp³-hybridized carbons (Fsp3) is 0.278. The molecular formula is C18H18N4O3S3. The van der Waals surface area contributed by atoms with Gasteiger partial charge in [0.1, 0.15) is 4.21 Å². The number of rotatable bonds is 4. The molecule has 0 radical (unpaired) electrons. The van der Waals surface area contributed by atoms with E-state index in [1.807, 2.05) is 13.0 Å². The summed E-state index contributed by atoms with van der Waals surface area (Å²) in [5.74, 6) is -0.261. The summed E-state index contributed by atoms with van der Waals surface area (Å²) in [4.78, 5) is 21.8. The van der Waals surface area contributed by atoms with Crippen molar-refractivity contribution in [3.63, 3.8) is 0 Å². The number of carbonyl (C=O) groups excluding carboxylic acids is 1. The van der Waals surface area contributed by atoms with Gasteiger partial charge in [-0.2, -0.15) is 4.31 Å². The Balaban J connectivity index is 1.49. The number of nitrogens with zero attached hydrogens (tertiary/aromatic N) is 3. The van der Waals surface area contributed by atoms with Crippen molar-refractivity contribution < 1.29 is 13.2 Å². The summed E-state index contributed by atoms with van der Waals surface area (Å²) >= 11 is 2.58. The molecule has 7 nitrogen and oxygen atoms in total. The van der Waals surface area contributed by atoms with Gasteiger partial charge in [-0.15, -0.1) is 22.7 Å². The lowest BCUT2D eigenvalue weighted by molar-refractivity contribution is 0.102. The summed E-state index contributed by atoms with van der Waals surface area (Å²) in [5, 5.41) is 5.00. The zero-order valence-electron chi connectivity index (χ0n) is 15.1. The molecule has 1 aliphatic heterocycles. The van der Waals surface area contributed by atoms with Crippen LogP contribution >= 0.6 is 22.7 Å². The molecular weight excluding hydrogens is 416 g/mol. The van der Waals surface area contributed by atoms with Crippen LogP contribution in [0.15, 0.2) is 40.2 Å². The third kappa shape index (κ3) is 3.72. The molecule has 1 N–H and O–H groups in total. The lowest BCUT2D eigenvalue weighted by Crippen LogP contribution is -2.33. The summed E-state index contributed by atoms with van der Waals surface area (Å²) in [6.45, 7) is 2.56. The molecule has 28 heavy (non-hydrogen) atoms. The second-order valence-electron chi connectivity index (χ2n) is 6.37. The molecule has 0 bridgehead atoms. The topological polar surface area (TPSA) is 92.3 Å². The molecule has 0 saturated heterocycles. The van der Waals surface area contributed by atoms with Crippen LogP contribution in [0.2, 0.25) is 0 Å². The van der Waals surface area contributed by atoms with Crippen LogP contribution in [0.5, 0.6) is 0 Å². The fourth-order valence-electron chi connectivity index (χ4n) is 3.04. The van der Waals surface area contributed by atoms with Crippen molar-refractivity contribution in [2.75, 3.05) is 18.4 Å². The average Bonchev–Trinajstić information content (AvgIpc) is 3.24. The first-order valence-corrected chi connectivity index (χ1v) is 11.8. The molecule has 0 aromatic carbocycles. The largest absolute Gasteiger partial charge is 0.320 e. The maximum Gasteiger partial charge on any atom is 0.284 e. The normalized spacial score (nSPS) is 15.0. The Morgan fingerprint density at radius 1 is 1.18 bits per heavy atom. The van der Waals surface area contributed by atoms with Crippen LogP contribution in [0.25, 0.3) is 0 Å². The predicted octanol–water partition coefficient (Wildman–Crippen LogP) is 2.95. The van der Waals surface area contributed by atoms with Crippen molar-refractivity contribution in [2.24, 2.45) is 0 Å². The Morgan fingerprint density at radius 3 is 2.64 bits per heavy atom. The van der Waals surface area contributed by atoms with Crippen molar-refractivity contribution in [1.29, 1.82) is 0 Å². The molecule has 10 heteroatoms. The highest BCUT2D eigenvalue weighted by Gasteiger charge is 2.30. The summed E-state index contributed by atoms with van der Waals surface area (Å²) in [7, 11) is -3.49. The molecule has 0 unspecified atom stereocenters. The number of carbonyl (C=O) groups is 1. The van der Waals surface area contributed by atoms with Gasteiger partial charge in [0.2, 0.25) is 0 Å². The van der Waals surface area contributed by atoms with Crippen LogP contribution in [0.1, 0.15) is 25.9 Å². The zero-order valence-corrected chi connectivity index (χ0v) is 17.5. The van der Waals surface area contributed by atoms with Gasteiger partial charge in [0.05, 0.1) is 5.69 Å². The number of hydrogen-bond acceptors (Lipinski definition) is 7. The number of pyridine rings is 1. The fourth-order valence-corrected chi connectivity index (χ4v) is 7.02. The molecule has 146 valence electrons. The first-order valence-electron chi connectivity index (χ1n) is 8.69. The first kappa shape index (κ1) is 19.2. The summed E-state index contributed by atoms with van der Waals surface area (Å²) in [5.41, 5.74) is 2.25. The Bertz CT molecular complexity index is 1080. The van der Waals surface area contributed by atoms with E-state index >= 15 is 0 Å². The van der Waals surface area contributed by atoms with Crippen LogP contribution < -0.4 is 5.32 Å². The van der Waals surface area contributed by atoms with Gasteiger partial charge in [0.25, 0.3) is 15.9 Å². The highest BCUT2D eigenvalue weighted by atomic mass is 32.2. The molecule has 0 saturated carbocycles. The van der Waals surface area contributed by atoms with Crippen molar-refractivity contribution in [1.82, 2.24) is 14.3 Å². The molecule has 0 aliphatic carbocycles.